The van der Waals surface area contributed by atoms with Gasteiger partial charge in [0.25, 0.3) is 5.56 Å². The third-order valence-electron chi connectivity index (χ3n) is 5.52. The van der Waals surface area contributed by atoms with E-state index in [-0.39, 0.29) is 11.6 Å². The van der Waals surface area contributed by atoms with Gasteiger partial charge < -0.3 is 4.98 Å². The van der Waals surface area contributed by atoms with Crippen LogP contribution in [0.1, 0.15) is 61.8 Å². The quantitative estimate of drug-likeness (QED) is 0.913. The van der Waals surface area contributed by atoms with Crippen molar-refractivity contribution >= 4 is 21.6 Å². The maximum atomic E-state index is 12.7. The molecule has 1 aliphatic carbocycles. The van der Waals surface area contributed by atoms with Crippen LogP contribution in [0.5, 0.6) is 0 Å². The lowest BCUT2D eigenvalue weighted by molar-refractivity contribution is 0.169. The summed E-state index contributed by atoms with van der Waals surface area (Å²) in [5.41, 5.74) is 1.34. The summed E-state index contributed by atoms with van der Waals surface area (Å²) in [6.07, 6.45) is 7.14. The lowest BCUT2D eigenvalue weighted by atomic mass is 9.89. The topological polar surface area (TPSA) is 49.0 Å². The molecule has 4 nitrogen and oxygen atoms in total. The number of rotatable bonds is 2. The van der Waals surface area contributed by atoms with Crippen LogP contribution in [0.2, 0.25) is 0 Å². The Hall–Kier alpha value is -1.20. The number of hydrogen-bond donors (Lipinski definition) is 1. The third-order valence-corrected chi connectivity index (χ3v) is 6.67. The minimum atomic E-state index is 0.0703. The Kier molecular flexibility index (Phi) is 4.01. The molecule has 1 N–H and O–H groups in total. The molecule has 2 aromatic rings. The maximum absolute atomic E-state index is 12.7. The molecule has 124 valence electrons. The highest BCUT2D eigenvalue weighted by Gasteiger charge is 2.25. The van der Waals surface area contributed by atoms with Gasteiger partial charge in [-0.3, -0.25) is 9.69 Å². The van der Waals surface area contributed by atoms with Crippen molar-refractivity contribution in [3.8, 4) is 0 Å². The molecule has 0 saturated carbocycles. The number of piperidine rings is 1. The van der Waals surface area contributed by atoms with Crippen LogP contribution in [0.25, 0.3) is 10.2 Å². The normalized spacial score (nSPS) is 23.8. The SMILES string of the molecule is C[C@@H]1CCc2c(sc3nc([C@H](C)N4CCCCC4)[nH]c(=O)c23)C1. The molecule has 0 amide bonds. The second kappa shape index (κ2) is 6.02. The average Bonchev–Trinajstić information content (AvgIpc) is 2.92. The smallest absolute Gasteiger partial charge is 0.259 e. The van der Waals surface area contributed by atoms with Crippen LogP contribution in [0.3, 0.4) is 0 Å². The second-order valence-corrected chi connectivity index (χ2v) is 8.34. The Morgan fingerprint density at radius 1 is 1.30 bits per heavy atom. The van der Waals surface area contributed by atoms with Crippen molar-refractivity contribution in [3.63, 3.8) is 0 Å². The van der Waals surface area contributed by atoms with Crippen molar-refractivity contribution < 1.29 is 0 Å². The predicted molar refractivity (Wildman–Crippen MR) is 95.3 cm³/mol. The Bertz CT molecular complexity index is 772. The highest BCUT2D eigenvalue weighted by atomic mass is 32.1. The molecule has 0 bridgehead atoms. The van der Waals surface area contributed by atoms with Gasteiger partial charge >= 0.3 is 0 Å². The summed E-state index contributed by atoms with van der Waals surface area (Å²) >= 11 is 1.75. The van der Waals surface area contributed by atoms with Gasteiger partial charge in [-0.1, -0.05) is 13.3 Å². The van der Waals surface area contributed by atoms with Crippen LogP contribution in [-0.4, -0.2) is 28.0 Å². The van der Waals surface area contributed by atoms with E-state index in [1.807, 2.05) is 0 Å². The van der Waals surface area contributed by atoms with Crippen LogP contribution in [0.4, 0.5) is 0 Å². The predicted octanol–water partition coefficient (Wildman–Crippen LogP) is 3.66. The maximum Gasteiger partial charge on any atom is 0.259 e. The minimum absolute atomic E-state index is 0.0703. The molecule has 0 aromatic carbocycles. The first-order valence-corrected chi connectivity index (χ1v) is 9.73. The average molecular weight is 331 g/mol. The molecule has 0 spiro atoms. The van der Waals surface area contributed by atoms with Crippen LogP contribution in [-0.2, 0) is 12.8 Å². The molecule has 3 heterocycles. The van der Waals surface area contributed by atoms with Gasteiger partial charge in [0.2, 0.25) is 0 Å². The van der Waals surface area contributed by atoms with Crippen molar-refractivity contribution in [3.05, 3.63) is 26.6 Å². The minimum Gasteiger partial charge on any atom is -0.309 e. The van der Waals surface area contributed by atoms with Crippen LogP contribution < -0.4 is 5.56 Å². The Labute approximate surface area is 140 Å². The largest absolute Gasteiger partial charge is 0.309 e. The number of hydrogen-bond acceptors (Lipinski definition) is 4. The van der Waals surface area contributed by atoms with Crippen molar-refractivity contribution in [2.75, 3.05) is 13.1 Å². The molecule has 4 rings (SSSR count). The number of likely N-dealkylation sites (tertiary alicyclic amines) is 1. The molecule has 2 aliphatic rings. The van der Waals surface area contributed by atoms with Crippen LogP contribution >= 0.6 is 11.3 Å². The number of H-pyrrole nitrogens is 1. The molecule has 2 aromatic heterocycles. The molecule has 0 unspecified atom stereocenters. The summed E-state index contributed by atoms with van der Waals surface area (Å²) in [5, 5.41) is 0.867. The Morgan fingerprint density at radius 2 is 2.09 bits per heavy atom. The second-order valence-electron chi connectivity index (χ2n) is 7.26. The first-order valence-electron chi connectivity index (χ1n) is 8.92. The zero-order chi connectivity index (χ0) is 16.0. The van der Waals surface area contributed by atoms with Crippen molar-refractivity contribution in [2.45, 2.75) is 58.4 Å². The molecule has 2 atom stereocenters. The van der Waals surface area contributed by atoms with Crippen molar-refractivity contribution in [1.82, 2.24) is 14.9 Å². The number of aromatic amines is 1. The number of thiophene rings is 1. The Balaban J connectivity index is 1.74. The lowest BCUT2D eigenvalue weighted by Gasteiger charge is -2.31. The number of nitrogens with zero attached hydrogens (tertiary/aromatic N) is 2. The number of nitrogens with one attached hydrogen (secondary N) is 1. The van der Waals surface area contributed by atoms with E-state index in [1.165, 1.54) is 36.1 Å². The van der Waals surface area contributed by atoms with E-state index in [4.69, 9.17) is 4.98 Å². The van der Waals surface area contributed by atoms with E-state index in [1.54, 1.807) is 11.3 Å². The van der Waals surface area contributed by atoms with E-state index in [0.29, 0.717) is 0 Å². The molecule has 0 radical (unpaired) electrons. The summed E-state index contributed by atoms with van der Waals surface area (Å²) in [6, 6.07) is 0.199. The van der Waals surface area contributed by atoms with Crippen LogP contribution in [0.15, 0.2) is 4.79 Å². The fraction of sp³-hybridized carbons (Fsp3) is 0.667. The van der Waals surface area contributed by atoms with E-state index in [9.17, 15) is 4.79 Å². The molecule has 23 heavy (non-hydrogen) atoms. The molecule has 1 aliphatic heterocycles. The molecular weight excluding hydrogens is 306 g/mol. The molecule has 1 fully saturated rings. The fourth-order valence-corrected chi connectivity index (χ4v) is 5.43. The first kappa shape index (κ1) is 15.3. The first-order chi connectivity index (χ1) is 11.1. The van der Waals surface area contributed by atoms with Gasteiger partial charge in [0.15, 0.2) is 0 Å². The third kappa shape index (κ3) is 2.74. The standard InChI is InChI=1S/C18H25N3OS/c1-11-6-7-13-14(10-11)23-18-15(13)17(22)19-16(20-18)12(2)21-8-4-3-5-9-21/h11-12H,3-10H2,1-2H3,(H,19,20,22)/t11-,12+/m1/s1. The summed E-state index contributed by atoms with van der Waals surface area (Å²) in [4.78, 5) is 25.4. The summed E-state index contributed by atoms with van der Waals surface area (Å²) in [7, 11) is 0. The monoisotopic (exact) mass is 331 g/mol. The summed E-state index contributed by atoms with van der Waals surface area (Å²) in [5.74, 6) is 1.57. The van der Waals surface area contributed by atoms with E-state index in [0.717, 1.165) is 47.9 Å². The van der Waals surface area contributed by atoms with E-state index in [2.05, 4.69) is 23.7 Å². The Morgan fingerprint density at radius 3 is 2.87 bits per heavy atom. The summed E-state index contributed by atoms with van der Waals surface area (Å²) in [6.45, 7) is 6.70. The van der Waals surface area contributed by atoms with Gasteiger partial charge in [0.1, 0.15) is 10.7 Å². The van der Waals surface area contributed by atoms with E-state index < -0.39 is 0 Å². The number of aryl methyl sites for hydroxylation is 1. The van der Waals surface area contributed by atoms with Gasteiger partial charge in [0, 0.05) is 4.88 Å². The lowest BCUT2D eigenvalue weighted by Crippen LogP contribution is -2.34. The summed E-state index contributed by atoms with van der Waals surface area (Å²) < 4.78 is 0. The van der Waals surface area contributed by atoms with Gasteiger partial charge in [0.05, 0.1) is 11.4 Å². The zero-order valence-corrected chi connectivity index (χ0v) is 14.8. The molecule has 1 saturated heterocycles. The van der Waals surface area contributed by atoms with Gasteiger partial charge in [-0.25, -0.2) is 4.98 Å². The van der Waals surface area contributed by atoms with Gasteiger partial charge in [-0.2, -0.15) is 0 Å². The van der Waals surface area contributed by atoms with Gasteiger partial charge in [-0.15, -0.1) is 11.3 Å². The van der Waals surface area contributed by atoms with Crippen molar-refractivity contribution in [2.24, 2.45) is 5.92 Å². The van der Waals surface area contributed by atoms with Crippen LogP contribution in [0, 0.1) is 5.92 Å². The number of fused-ring (bicyclic) bond motifs is 3. The highest BCUT2D eigenvalue weighted by Crippen LogP contribution is 2.36. The van der Waals surface area contributed by atoms with E-state index >= 15 is 0 Å². The molecule has 5 heteroatoms. The highest BCUT2D eigenvalue weighted by molar-refractivity contribution is 7.18. The van der Waals surface area contributed by atoms with Crippen molar-refractivity contribution in [1.29, 1.82) is 0 Å². The fourth-order valence-electron chi connectivity index (χ4n) is 4.04. The molecular formula is C18H25N3OS. The van der Waals surface area contributed by atoms with Gasteiger partial charge in [-0.05, 0) is 63.6 Å². The zero-order valence-electron chi connectivity index (χ0n) is 14.0. The number of aromatic nitrogens is 2.